The Labute approximate surface area is 605 Å². The van der Waals surface area contributed by atoms with E-state index < -0.39 is 200 Å². The number of nitrogens with two attached hydrogens (primary N) is 3. The number of aromatic nitrogens is 3. The highest BCUT2D eigenvalue weighted by Gasteiger charge is 2.45. The molecule has 4 heterocycles. The summed E-state index contributed by atoms with van der Waals surface area (Å²) >= 11 is 0. The van der Waals surface area contributed by atoms with E-state index in [0.717, 1.165) is 0 Å². The van der Waals surface area contributed by atoms with Crippen molar-refractivity contribution in [3.63, 3.8) is 0 Å². The number of nitrogens with zero attached hydrogens (tertiary/aromatic N) is 4. The fourth-order valence-corrected chi connectivity index (χ4v) is 12.3. The van der Waals surface area contributed by atoms with Gasteiger partial charge in [-0.1, -0.05) is 106 Å². The van der Waals surface area contributed by atoms with Crippen molar-refractivity contribution in [2.45, 2.75) is 202 Å². The summed E-state index contributed by atoms with van der Waals surface area (Å²) in [4.78, 5) is 176. The minimum atomic E-state index is -1.94. The number of aliphatic hydroxyl groups is 4. The number of phenols is 1. The number of aromatic hydroxyl groups is 1. The second-order valence-corrected chi connectivity index (χ2v) is 27.1. The van der Waals surface area contributed by atoms with E-state index in [9.17, 15) is 68.7 Å². The zero-order valence-electron chi connectivity index (χ0n) is 59.0. The van der Waals surface area contributed by atoms with Crippen molar-refractivity contribution in [2.24, 2.45) is 29.0 Å². The molecule has 3 saturated heterocycles. The van der Waals surface area contributed by atoms with Crippen molar-refractivity contribution in [1.82, 2.24) is 67.7 Å². The maximum Gasteiger partial charge on any atom is 0.246 e. The van der Waals surface area contributed by atoms with Gasteiger partial charge in [0, 0.05) is 44.8 Å². The third-order valence-electron chi connectivity index (χ3n) is 18.0. The lowest BCUT2D eigenvalue weighted by Crippen LogP contribution is -2.62. The molecule has 35 nitrogen and oxygen atoms in total. The van der Waals surface area contributed by atoms with Crippen LogP contribution in [0.25, 0.3) is 0 Å². The molecular weight excluding hydrogens is 1370 g/mol. The molecule has 1 aromatic heterocycles. The Morgan fingerprint density at radius 2 is 1.08 bits per heavy atom. The number of ether oxygens (including phenoxy) is 2. The van der Waals surface area contributed by atoms with Crippen LogP contribution in [0.15, 0.2) is 91.1 Å². The van der Waals surface area contributed by atoms with Crippen molar-refractivity contribution in [3.8, 4) is 5.75 Å². The van der Waals surface area contributed by atoms with Gasteiger partial charge in [-0.15, -0.1) is 5.10 Å². The molecule has 0 aliphatic carbocycles. The number of phenolic OH excluding ortho intramolecular Hbond substituents is 1. The van der Waals surface area contributed by atoms with Crippen molar-refractivity contribution in [1.29, 1.82) is 0 Å². The third-order valence-corrected chi connectivity index (χ3v) is 18.0. The van der Waals surface area contributed by atoms with Crippen LogP contribution in [0.3, 0.4) is 0 Å². The summed E-state index contributed by atoms with van der Waals surface area (Å²) in [5.74, 6) is -12.8. The number of primary amides is 2. The van der Waals surface area contributed by atoms with E-state index in [1.807, 2.05) is 0 Å². The van der Waals surface area contributed by atoms with E-state index in [1.165, 1.54) is 40.0 Å². The van der Waals surface area contributed by atoms with Crippen molar-refractivity contribution >= 4 is 70.9 Å². The second-order valence-electron chi connectivity index (χ2n) is 27.1. The Morgan fingerprint density at radius 1 is 0.581 bits per heavy atom. The molecule has 20 N–H and O–H groups in total. The maximum atomic E-state index is 15.3. The number of aliphatic hydroxyl groups excluding tert-OH is 4. The van der Waals surface area contributed by atoms with Gasteiger partial charge in [-0.3, -0.25) is 57.5 Å². The van der Waals surface area contributed by atoms with Crippen LogP contribution in [0.4, 0.5) is 0 Å². The molecule has 7 rings (SSSR count). The minimum Gasteiger partial charge on any atom is -0.508 e. The van der Waals surface area contributed by atoms with Gasteiger partial charge in [-0.2, -0.15) is 0 Å². The smallest absolute Gasteiger partial charge is 0.246 e. The molecule has 0 spiro atoms. The van der Waals surface area contributed by atoms with Gasteiger partial charge in [-0.25, -0.2) is 4.68 Å². The van der Waals surface area contributed by atoms with Crippen LogP contribution in [0.2, 0.25) is 0 Å². The Hall–Kier alpha value is -10.0. The molecule has 3 fully saturated rings. The summed E-state index contributed by atoms with van der Waals surface area (Å²) in [5, 5.41) is 83.2. The number of benzene rings is 3. The summed E-state index contributed by atoms with van der Waals surface area (Å²) in [6, 6.07) is 6.71. The van der Waals surface area contributed by atoms with Gasteiger partial charge in [0.1, 0.15) is 90.6 Å². The van der Waals surface area contributed by atoms with E-state index in [-0.39, 0.29) is 95.0 Å². The molecule has 15 atom stereocenters. The Bertz CT molecular complexity index is 3630. The first kappa shape index (κ1) is 82.2. The quantitative estimate of drug-likeness (QED) is 0.0312. The first-order valence-electron chi connectivity index (χ1n) is 35.0. The lowest BCUT2D eigenvalue weighted by Gasteiger charge is -2.39. The molecule has 0 saturated carbocycles. The number of rotatable bonds is 24. The fourth-order valence-electron chi connectivity index (χ4n) is 12.3. The normalized spacial score (nSPS) is 26.9. The number of carbonyl (C=O) groups is 12. The first-order chi connectivity index (χ1) is 50.0. The Balaban J connectivity index is 1.31. The molecule has 4 aromatic rings. The average Bonchev–Trinajstić information content (AvgIpc) is 0.890. The summed E-state index contributed by atoms with van der Waals surface area (Å²) < 4.78 is 12.4. The summed E-state index contributed by atoms with van der Waals surface area (Å²) in [5.41, 5.74) is 18.6. The highest BCUT2D eigenvalue weighted by Crippen LogP contribution is 2.24. The van der Waals surface area contributed by atoms with E-state index in [4.69, 9.17) is 26.7 Å². The number of fused-ring (bicyclic) bond motifs is 1. The van der Waals surface area contributed by atoms with Gasteiger partial charge >= 0.3 is 0 Å². The van der Waals surface area contributed by atoms with Gasteiger partial charge in [0.25, 0.3) is 0 Å². The highest BCUT2D eigenvalue weighted by atomic mass is 16.7. The zero-order valence-corrected chi connectivity index (χ0v) is 59.0. The van der Waals surface area contributed by atoms with Crippen molar-refractivity contribution < 1.29 is 92.5 Å². The zero-order chi connectivity index (χ0) is 76.6. The van der Waals surface area contributed by atoms with Crippen LogP contribution in [0, 0.1) is 11.8 Å². The predicted molar refractivity (Wildman–Crippen MR) is 372 cm³/mol. The number of nitrogens with one attached hydrogen (secondary N) is 9. The van der Waals surface area contributed by atoms with Crippen molar-refractivity contribution in [2.75, 3.05) is 26.3 Å². The van der Waals surface area contributed by atoms with Gasteiger partial charge in [0.2, 0.25) is 70.9 Å². The van der Waals surface area contributed by atoms with E-state index in [0.29, 0.717) is 16.7 Å². The van der Waals surface area contributed by atoms with Crippen LogP contribution in [-0.4, -0.2) is 234 Å². The van der Waals surface area contributed by atoms with Crippen LogP contribution in [-0.2, 0) is 99.2 Å². The van der Waals surface area contributed by atoms with Gasteiger partial charge in [-0.05, 0) is 85.7 Å². The molecule has 0 bridgehead atoms. The summed E-state index contributed by atoms with van der Waals surface area (Å²) in [7, 11) is 0. The molecule has 3 aliphatic heterocycles. The second kappa shape index (κ2) is 39.7. The third kappa shape index (κ3) is 24.5. The molecule has 572 valence electrons. The van der Waals surface area contributed by atoms with Crippen molar-refractivity contribution in [3.05, 3.63) is 114 Å². The lowest BCUT2D eigenvalue weighted by atomic mass is 9.99. The van der Waals surface area contributed by atoms with Gasteiger partial charge in [0.15, 0.2) is 6.29 Å². The first-order valence-corrected chi connectivity index (χ1v) is 35.0. The topological polar surface area (TPSA) is 545 Å². The number of carbonyl (C=O) groups excluding carboxylic acids is 12. The summed E-state index contributed by atoms with van der Waals surface area (Å²) in [6.07, 6.45) is -9.35. The largest absolute Gasteiger partial charge is 0.508 e. The molecule has 3 aliphatic rings. The molecule has 3 aromatic carbocycles. The van der Waals surface area contributed by atoms with E-state index >= 15 is 14.4 Å². The Morgan fingerprint density at radius 3 is 1.65 bits per heavy atom. The van der Waals surface area contributed by atoms with Gasteiger partial charge in [0.05, 0.1) is 31.9 Å². The van der Waals surface area contributed by atoms with Crippen LogP contribution in [0.5, 0.6) is 5.75 Å². The van der Waals surface area contributed by atoms with Gasteiger partial charge < -0.3 is 105 Å². The fraction of sp³-hybridized carbons (Fsp3) is 0.543. The maximum absolute atomic E-state index is 15.3. The van der Waals surface area contributed by atoms with E-state index in [2.05, 4.69) is 58.2 Å². The molecule has 105 heavy (non-hydrogen) atoms. The monoisotopic (exact) mass is 1470 g/mol. The lowest BCUT2D eigenvalue weighted by molar-refractivity contribution is -0.301. The molecule has 0 unspecified atom stereocenters. The minimum absolute atomic E-state index is 0.0109. The van der Waals surface area contributed by atoms with E-state index in [1.54, 1.807) is 88.4 Å². The molecule has 12 amide bonds. The number of amides is 12. The number of hydrogen-bond acceptors (Lipinski definition) is 22. The SMILES string of the molecule is CC(C)C[C@@H]1NC(=O)[C@H](CCCN)NC(=O)[C@H](C(C)C)NC(=O)[C@H](Cc2ccc(O)cc2)NC(=O)[C@H](CCC(N)=O)NC(=O)[C@H](CC(N)=O)NC(=O)[C@@H](Cc2ccccc2)NC(=O)[C@H](Cc2cn(CCO[C@H]3O[C@H](CO)[C@@H](O)[C@H](O)[C@@H]3O)nn2)NC(=O)[C@@H]2CCCN2C(=O)[C@@H](Cc2ccccc2)NC1=O. The Kier molecular flexibility index (Phi) is 31.1. The highest BCUT2D eigenvalue weighted by molar-refractivity contribution is 6.01. The van der Waals surface area contributed by atoms with Crippen LogP contribution >= 0.6 is 0 Å². The standard InChI is InChI=1S/C70H98N16O19/c1-37(2)29-46-62(96)81-51(32-40-15-9-6-10-16-40)69(103)86-26-12-18-52(86)67(101)80-49(33-42-35-85(84-83-42)27-28-104-70-59(93)58(92)57(91)53(36-87)105-70)64(98)78-47(30-39-13-7-5-8-14-39)63(97)79-50(34-55(73)90)65(99)74-45(23-24-54(72)89)61(95)77-48(31-41-19-21-43(88)22-20-41)66(100)82-56(38(3)4)68(102)75-44(17-11-25-71)60(94)76-46/h5-10,13-16,19-22,35,37-38,44-53,56-59,70,87-88,91-93H,11-12,17-18,23-34,36,71H2,1-4H3,(H2,72,89)(H2,73,90)(H,74,99)(H,75,102)(H,76,94)(H,77,95)(H,78,98)(H,79,97)(H,80,101)(H,81,96)(H,82,100)/t44-,45-,46-,47+,48-,49-,50-,51+,52-,53+,56-,57+,58-,59-,70-/m0/s1. The van der Waals surface area contributed by atoms with Crippen LogP contribution < -0.4 is 65.1 Å². The number of hydrogen-bond donors (Lipinski definition) is 17. The predicted octanol–water partition coefficient (Wildman–Crippen LogP) is -4.98. The van der Waals surface area contributed by atoms with Crippen LogP contribution in [0.1, 0.15) is 101 Å². The summed E-state index contributed by atoms with van der Waals surface area (Å²) in [6.45, 7) is 5.72. The average molecular weight is 1470 g/mol. The molecule has 35 heteroatoms. The molecular formula is C70H98N16O19. The molecule has 0 radical (unpaired) electrons.